The second kappa shape index (κ2) is 11.4. The van der Waals surface area contributed by atoms with Crippen molar-refractivity contribution in [3.05, 3.63) is 39.7 Å². The maximum atomic E-state index is 14.0. The molecule has 4 atom stereocenters. The zero-order chi connectivity index (χ0) is 31.3. The molecule has 228 valence electrons. The average molecular weight is 586 g/mol. The first-order chi connectivity index (χ1) is 19.7. The third kappa shape index (κ3) is 4.82. The van der Waals surface area contributed by atoms with Crippen molar-refractivity contribution in [3.8, 4) is 5.75 Å². The molecule has 3 aliphatic rings. The Bertz CT molecular complexity index is 1410. The lowest BCUT2D eigenvalue weighted by Gasteiger charge is -2.50. The van der Waals surface area contributed by atoms with E-state index in [1.165, 1.54) is 4.90 Å². The highest BCUT2D eigenvalue weighted by Gasteiger charge is 2.64. The SMILES string of the molecule is CCCCOC(=O)CCc1cc(N(C)C)c2c(c1O)C(O)=C1C(=O)C3(O)C(O)=C(C(N)=O)C(=O)C(N(C)C)C3CC1C2. The number of rotatable bonds is 9. The van der Waals surface area contributed by atoms with Gasteiger partial charge in [-0.2, -0.15) is 0 Å². The van der Waals surface area contributed by atoms with Gasteiger partial charge in [-0.3, -0.25) is 24.1 Å². The van der Waals surface area contributed by atoms with E-state index in [1.807, 2.05) is 6.92 Å². The molecular formula is C30H39N3O9. The zero-order valence-corrected chi connectivity index (χ0v) is 24.6. The number of ether oxygens (including phenoxy) is 1. The normalized spacial score (nSPS) is 25.3. The number of likely N-dealkylation sites (N-methyl/N-ethyl adjacent to an activating group) is 1. The average Bonchev–Trinajstić information content (AvgIpc) is 2.89. The molecule has 0 aliphatic heterocycles. The van der Waals surface area contributed by atoms with Crippen molar-refractivity contribution in [1.82, 2.24) is 4.90 Å². The van der Waals surface area contributed by atoms with Gasteiger partial charge in [-0.05, 0) is 62.9 Å². The molecule has 0 radical (unpaired) electrons. The number of ketones is 2. The number of hydrogen-bond acceptors (Lipinski definition) is 11. The van der Waals surface area contributed by atoms with Gasteiger partial charge in [0, 0.05) is 37.7 Å². The molecule has 1 aromatic rings. The summed E-state index contributed by atoms with van der Waals surface area (Å²) in [7, 11) is 6.67. The Morgan fingerprint density at radius 1 is 1.14 bits per heavy atom. The van der Waals surface area contributed by atoms with Crippen LogP contribution in [-0.4, -0.2) is 95.2 Å². The first-order valence-electron chi connectivity index (χ1n) is 14.0. The smallest absolute Gasteiger partial charge is 0.306 e. The van der Waals surface area contributed by atoms with Gasteiger partial charge in [-0.15, -0.1) is 0 Å². The minimum atomic E-state index is -2.70. The molecule has 0 heterocycles. The van der Waals surface area contributed by atoms with Gasteiger partial charge >= 0.3 is 5.97 Å². The van der Waals surface area contributed by atoms with Crippen LogP contribution in [0, 0.1) is 11.8 Å². The van der Waals surface area contributed by atoms with Gasteiger partial charge in [0.05, 0.1) is 18.2 Å². The Labute approximate surface area is 244 Å². The Hall–Kier alpha value is -3.90. The van der Waals surface area contributed by atoms with Crippen LogP contribution in [0.3, 0.4) is 0 Å². The Morgan fingerprint density at radius 3 is 2.38 bits per heavy atom. The van der Waals surface area contributed by atoms with Crippen LogP contribution in [0.2, 0.25) is 0 Å². The summed E-state index contributed by atoms with van der Waals surface area (Å²) >= 11 is 0. The van der Waals surface area contributed by atoms with E-state index in [2.05, 4.69) is 0 Å². The van der Waals surface area contributed by atoms with Crippen molar-refractivity contribution in [1.29, 1.82) is 0 Å². The summed E-state index contributed by atoms with van der Waals surface area (Å²) in [5, 5.41) is 45.6. The molecule has 4 unspecified atom stereocenters. The fraction of sp³-hybridized carbons (Fsp3) is 0.533. The minimum absolute atomic E-state index is 0.00471. The predicted octanol–water partition coefficient (Wildman–Crippen LogP) is 1.31. The topological polar surface area (TPSA) is 191 Å². The van der Waals surface area contributed by atoms with Gasteiger partial charge in [0.1, 0.15) is 22.8 Å². The summed E-state index contributed by atoms with van der Waals surface area (Å²) in [4.78, 5) is 54.9. The number of anilines is 1. The molecule has 42 heavy (non-hydrogen) atoms. The number of phenols is 1. The van der Waals surface area contributed by atoms with E-state index in [4.69, 9.17) is 10.5 Å². The number of phenolic OH excluding ortho intramolecular Hbond substituents is 1. The minimum Gasteiger partial charge on any atom is -0.508 e. The number of nitrogens with zero attached hydrogens (tertiary/aromatic N) is 2. The summed E-state index contributed by atoms with van der Waals surface area (Å²) in [5.74, 6) is -7.43. The van der Waals surface area contributed by atoms with E-state index in [0.717, 1.165) is 12.8 Å². The van der Waals surface area contributed by atoms with Gasteiger partial charge in [-0.25, -0.2) is 0 Å². The highest BCUT2D eigenvalue weighted by Crippen LogP contribution is 2.54. The quantitative estimate of drug-likeness (QED) is 0.159. The fourth-order valence-corrected chi connectivity index (χ4v) is 6.57. The molecule has 12 nitrogen and oxygen atoms in total. The number of primary amides is 1. The number of carbonyl (C=O) groups is 4. The lowest BCUT2D eigenvalue weighted by molar-refractivity contribution is -0.153. The number of benzene rings is 1. The molecule has 0 spiro atoms. The van der Waals surface area contributed by atoms with Crippen molar-refractivity contribution in [2.24, 2.45) is 17.6 Å². The number of carbonyl (C=O) groups excluding carboxylic acids is 4. The number of Topliss-reactive ketones (excluding diaryl/α,β-unsaturated/α-hetero) is 2. The van der Waals surface area contributed by atoms with E-state index in [9.17, 15) is 39.6 Å². The summed E-state index contributed by atoms with van der Waals surface area (Å²) < 4.78 is 5.22. The molecule has 12 heteroatoms. The Morgan fingerprint density at radius 2 is 1.81 bits per heavy atom. The standard InChI is InChI=1S/C30H39N3O9/c1-6-7-10-42-19(34)9-8-14-13-18(32(2)3)16-11-15-12-17-23(33(4)5)26(37)22(29(31)40)28(39)30(17,41)27(38)20(15)25(36)21(16)24(14)35/h13,15,17,23,35-36,39,41H,6-12H2,1-5H3,(H2,31,40). The number of aryl methyl sites for hydroxylation is 1. The fourth-order valence-electron chi connectivity index (χ4n) is 6.57. The van der Waals surface area contributed by atoms with E-state index in [0.29, 0.717) is 23.4 Å². The van der Waals surface area contributed by atoms with Crippen molar-refractivity contribution in [3.63, 3.8) is 0 Å². The van der Waals surface area contributed by atoms with Crippen molar-refractivity contribution in [2.75, 3.05) is 39.7 Å². The molecule has 1 amide bonds. The van der Waals surface area contributed by atoms with Crippen LogP contribution in [0.25, 0.3) is 5.76 Å². The van der Waals surface area contributed by atoms with E-state index < -0.39 is 64.0 Å². The van der Waals surface area contributed by atoms with Crippen molar-refractivity contribution < 1.29 is 44.3 Å². The first kappa shape index (κ1) is 31.0. The second-order valence-electron chi connectivity index (χ2n) is 11.7. The lowest BCUT2D eigenvalue weighted by atomic mass is 9.57. The molecule has 1 aromatic carbocycles. The Balaban J connectivity index is 1.85. The second-order valence-corrected chi connectivity index (χ2v) is 11.7. The molecule has 4 rings (SSSR count). The molecule has 6 N–H and O–H groups in total. The summed E-state index contributed by atoms with van der Waals surface area (Å²) in [5.41, 5.74) is 3.14. The number of nitrogens with two attached hydrogens (primary N) is 1. The monoisotopic (exact) mass is 585 g/mol. The van der Waals surface area contributed by atoms with Crippen LogP contribution in [0.5, 0.6) is 5.75 Å². The van der Waals surface area contributed by atoms with Crippen LogP contribution >= 0.6 is 0 Å². The van der Waals surface area contributed by atoms with Crippen LogP contribution in [0.15, 0.2) is 23.0 Å². The third-order valence-corrected chi connectivity index (χ3v) is 8.62. The number of hydrogen-bond donors (Lipinski definition) is 5. The van der Waals surface area contributed by atoms with Gasteiger partial charge in [0.25, 0.3) is 5.91 Å². The number of aromatic hydroxyl groups is 1. The molecule has 1 fully saturated rings. The summed E-state index contributed by atoms with van der Waals surface area (Å²) in [6.07, 6.45) is 1.88. The molecular weight excluding hydrogens is 546 g/mol. The molecule has 0 saturated heterocycles. The molecule has 1 saturated carbocycles. The van der Waals surface area contributed by atoms with Gasteiger partial charge < -0.3 is 35.8 Å². The predicted molar refractivity (Wildman–Crippen MR) is 153 cm³/mol. The number of esters is 1. The highest BCUT2D eigenvalue weighted by atomic mass is 16.5. The summed E-state index contributed by atoms with van der Waals surface area (Å²) in [6, 6.07) is 0.580. The molecule has 3 aliphatic carbocycles. The number of unbranched alkanes of at least 4 members (excludes halogenated alkanes) is 1. The molecule has 0 aromatic heterocycles. The van der Waals surface area contributed by atoms with Crippen molar-refractivity contribution >= 4 is 34.9 Å². The summed E-state index contributed by atoms with van der Waals surface area (Å²) in [6.45, 7) is 2.28. The van der Waals surface area contributed by atoms with Crippen molar-refractivity contribution in [2.45, 2.75) is 57.1 Å². The van der Waals surface area contributed by atoms with Crippen LogP contribution in [-0.2, 0) is 36.8 Å². The van der Waals surface area contributed by atoms with Crippen LogP contribution in [0.4, 0.5) is 5.69 Å². The van der Waals surface area contributed by atoms with E-state index in [-0.39, 0.29) is 42.6 Å². The molecule has 0 bridgehead atoms. The van der Waals surface area contributed by atoms with Crippen LogP contribution < -0.4 is 10.6 Å². The first-order valence-corrected chi connectivity index (χ1v) is 14.0. The van der Waals surface area contributed by atoms with E-state index in [1.54, 1.807) is 39.2 Å². The number of aliphatic hydroxyl groups is 3. The maximum absolute atomic E-state index is 14.0. The van der Waals surface area contributed by atoms with Gasteiger partial charge in [-0.1, -0.05) is 13.3 Å². The maximum Gasteiger partial charge on any atom is 0.306 e. The largest absolute Gasteiger partial charge is 0.508 e. The third-order valence-electron chi connectivity index (χ3n) is 8.62. The number of amides is 1. The highest BCUT2D eigenvalue weighted by molar-refractivity contribution is 6.24. The van der Waals surface area contributed by atoms with Crippen LogP contribution in [0.1, 0.15) is 49.3 Å². The number of aliphatic hydroxyl groups excluding tert-OH is 2. The van der Waals surface area contributed by atoms with E-state index >= 15 is 0 Å². The lowest BCUT2D eigenvalue weighted by Crippen LogP contribution is -2.65. The number of fused-ring (bicyclic) bond motifs is 3. The Kier molecular flexibility index (Phi) is 8.43. The zero-order valence-electron chi connectivity index (χ0n) is 24.6. The van der Waals surface area contributed by atoms with Gasteiger partial charge in [0.15, 0.2) is 11.4 Å². The van der Waals surface area contributed by atoms with Gasteiger partial charge in [0.2, 0.25) is 5.78 Å².